The number of benzene rings is 1. The number of pyridine rings is 1. The number of anilines is 1. The van der Waals surface area contributed by atoms with Gasteiger partial charge in [-0.1, -0.05) is 12.6 Å². The van der Waals surface area contributed by atoms with Crippen LogP contribution in [-0.2, 0) is 22.8 Å². The summed E-state index contributed by atoms with van der Waals surface area (Å²) in [5, 5.41) is 10.2. The number of nitrogens with zero attached hydrogens (tertiary/aromatic N) is 1. The van der Waals surface area contributed by atoms with E-state index in [1.165, 1.54) is 18.2 Å². The molecule has 1 aromatic heterocycles. The van der Waals surface area contributed by atoms with Gasteiger partial charge in [0.05, 0.1) is 5.69 Å². The van der Waals surface area contributed by atoms with Crippen LogP contribution in [-0.4, -0.2) is 16.8 Å². The fourth-order valence-electron chi connectivity index (χ4n) is 2.09. The SMILES string of the molecule is C=C(C(=O)Nc1ccc(CF)cc1F)/C(C)=C\C(=N)OCc1ccncc1. The summed E-state index contributed by atoms with van der Waals surface area (Å²) >= 11 is 0. The Morgan fingerprint density at radius 1 is 1.30 bits per heavy atom. The predicted molar refractivity (Wildman–Crippen MR) is 99.5 cm³/mol. The first-order valence-corrected chi connectivity index (χ1v) is 8.04. The van der Waals surface area contributed by atoms with Crippen molar-refractivity contribution in [2.45, 2.75) is 20.2 Å². The molecule has 0 radical (unpaired) electrons. The van der Waals surface area contributed by atoms with Crippen molar-refractivity contribution in [3.8, 4) is 0 Å². The number of alkyl halides is 1. The minimum absolute atomic E-state index is 0.0567. The molecule has 2 rings (SSSR count). The Bertz CT molecular complexity index is 880. The molecule has 5 nitrogen and oxygen atoms in total. The van der Waals surface area contributed by atoms with E-state index in [9.17, 15) is 13.6 Å². The zero-order valence-corrected chi connectivity index (χ0v) is 14.8. The van der Waals surface area contributed by atoms with Gasteiger partial charge in [0.2, 0.25) is 5.90 Å². The van der Waals surface area contributed by atoms with E-state index in [2.05, 4.69) is 16.9 Å². The monoisotopic (exact) mass is 371 g/mol. The molecule has 0 atom stereocenters. The minimum Gasteiger partial charge on any atom is -0.473 e. The third-order valence-corrected chi connectivity index (χ3v) is 3.68. The summed E-state index contributed by atoms with van der Waals surface area (Å²) < 4.78 is 31.7. The lowest BCUT2D eigenvalue weighted by Gasteiger charge is -2.10. The molecule has 7 heteroatoms. The molecule has 27 heavy (non-hydrogen) atoms. The summed E-state index contributed by atoms with van der Waals surface area (Å²) in [6.45, 7) is 4.65. The molecular weight excluding hydrogens is 352 g/mol. The Balaban J connectivity index is 1.95. The average molecular weight is 371 g/mol. The second-order valence-electron chi connectivity index (χ2n) is 5.72. The summed E-state index contributed by atoms with van der Waals surface area (Å²) in [5.41, 5.74) is 1.41. The van der Waals surface area contributed by atoms with Crippen LogP contribution in [0.5, 0.6) is 0 Å². The van der Waals surface area contributed by atoms with Gasteiger partial charge in [0.15, 0.2) is 0 Å². The number of halogens is 2. The van der Waals surface area contributed by atoms with E-state index in [-0.39, 0.29) is 29.3 Å². The molecule has 0 saturated carbocycles. The molecule has 1 heterocycles. The van der Waals surface area contributed by atoms with Gasteiger partial charge in [-0.05, 0) is 47.9 Å². The molecule has 2 aromatic rings. The molecule has 0 aliphatic carbocycles. The lowest BCUT2D eigenvalue weighted by atomic mass is 10.1. The standard InChI is InChI=1S/C20H19F2N3O2/c1-13(9-19(23)27-12-15-5-7-24-8-6-15)14(2)20(26)25-18-4-3-16(11-21)10-17(18)22/h3-10,23H,2,11-12H2,1H3,(H,25,26)/b13-9-,23-19?. The van der Waals surface area contributed by atoms with Gasteiger partial charge >= 0.3 is 0 Å². The molecule has 0 bridgehead atoms. The van der Waals surface area contributed by atoms with Crippen LogP contribution >= 0.6 is 0 Å². The van der Waals surface area contributed by atoms with E-state index in [1.807, 2.05) is 0 Å². The van der Waals surface area contributed by atoms with Crippen molar-refractivity contribution in [2.24, 2.45) is 0 Å². The number of hydrogen-bond donors (Lipinski definition) is 2. The first-order chi connectivity index (χ1) is 12.9. The average Bonchev–Trinajstić information content (AvgIpc) is 2.67. The first-order valence-electron chi connectivity index (χ1n) is 8.04. The third-order valence-electron chi connectivity index (χ3n) is 3.68. The highest BCUT2D eigenvalue weighted by Gasteiger charge is 2.13. The molecular formula is C20H19F2N3O2. The number of amides is 1. The summed E-state index contributed by atoms with van der Waals surface area (Å²) in [5.74, 6) is -1.50. The molecule has 0 spiro atoms. The number of carbonyl (C=O) groups is 1. The zero-order chi connectivity index (χ0) is 19.8. The van der Waals surface area contributed by atoms with Crippen molar-refractivity contribution in [1.29, 1.82) is 5.41 Å². The molecule has 0 aliphatic rings. The molecule has 0 saturated heterocycles. The Morgan fingerprint density at radius 2 is 2.00 bits per heavy atom. The van der Waals surface area contributed by atoms with Crippen molar-refractivity contribution >= 4 is 17.5 Å². The second-order valence-corrected chi connectivity index (χ2v) is 5.72. The highest BCUT2D eigenvalue weighted by atomic mass is 19.1. The van der Waals surface area contributed by atoms with Crippen LogP contribution in [0.4, 0.5) is 14.5 Å². The van der Waals surface area contributed by atoms with Gasteiger partial charge < -0.3 is 10.1 Å². The largest absolute Gasteiger partial charge is 0.473 e. The molecule has 1 amide bonds. The van der Waals surface area contributed by atoms with Gasteiger partial charge in [-0.15, -0.1) is 0 Å². The zero-order valence-electron chi connectivity index (χ0n) is 14.8. The van der Waals surface area contributed by atoms with Gasteiger partial charge in [0.25, 0.3) is 5.91 Å². The maximum atomic E-state index is 13.8. The van der Waals surface area contributed by atoms with Crippen LogP contribution in [0.1, 0.15) is 18.1 Å². The van der Waals surface area contributed by atoms with E-state index in [0.717, 1.165) is 11.6 Å². The minimum atomic E-state index is -0.790. The molecule has 1 aromatic carbocycles. The number of aromatic nitrogens is 1. The van der Waals surface area contributed by atoms with Gasteiger partial charge in [-0.25, -0.2) is 8.78 Å². The summed E-state index contributed by atoms with van der Waals surface area (Å²) in [4.78, 5) is 16.1. The lowest BCUT2D eigenvalue weighted by Crippen LogP contribution is -2.16. The highest BCUT2D eigenvalue weighted by Crippen LogP contribution is 2.18. The molecule has 0 unspecified atom stereocenters. The van der Waals surface area contributed by atoms with E-state index in [1.54, 1.807) is 31.5 Å². The number of ether oxygens (including phenoxy) is 1. The van der Waals surface area contributed by atoms with E-state index in [0.29, 0.717) is 5.57 Å². The van der Waals surface area contributed by atoms with Crippen LogP contribution in [0.2, 0.25) is 0 Å². The Labute approximate surface area is 155 Å². The normalized spacial score (nSPS) is 11.0. The smallest absolute Gasteiger partial charge is 0.255 e. The van der Waals surface area contributed by atoms with Crippen LogP contribution < -0.4 is 5.32 Å². The molecule has 0 fully saturated rings. The maximum absolute atomic E-state index is 13.8. The predicted octanol–water partition coefficient (Wildman–Crippen LogP) is 4.33. The summed E-state index contributed by atoms with van der Waals surface area (Å²) in [6, 6.07) is 7.21. The topological polar surface area (TPSA) is 75.1 Å². The van der Waals surface area contributed by atoms with E-state index < -0.39 is 18.4 Å². The van der Waals surface area contributed by atoms with Crippen molar-refractivity contribution in [2.75, 3.05) is 5.32 Å². The van der Waals surface area contributed by atoms with Crippen LogP contribution in [0.25, 0.3) is 0 Å². The Morgan fingerprint density at radius 3 is 2.63 bits per heavy atom. The molecule has 140 valence electrons. The van der Waals surface area contributed by atoms with Gasteiger partial charge in [-0.3, -0.25) is 15.2 Å². The van der Waals surface area contributed by atoms with Crippen molar-refractivity contribution in [3.05, 3.63) is 83.5 Å². The third kappa shape index (κ3) is 5.85. The number of nitrogens with one attached hydrogen (secondary N) is 2. The van der Waals surface area contributed by atoms with Gasteiger partial charge in [0.1, 0.15) is 19.1 Å². The Hall–Kier alpha value is -3.35. The lowest BCUT2D eigenvalue weighted by molar-refractivity contribution is -0.112. The highest BCUT2D eigenvalue weighted by molar-refractivity contribution is 6.07. The van der Waals surface area contributed by atoms with E-state index >= 15 is 0 Å². The first kappa shape index (κ1) is 20.0. The van der Waals surface area contributed by atoms with E-state index in [4.69, 9.17) is 10.1 Å². The van der Waals surface area contributed by atoms with Gasteiger partial charge in [0, 0.05) is 24.0 Å². The molecule has 0 aliphatic heterocycles. The van der Waals surface area contributed by atoms with Crippen molar-refractivity contribution < 1.29 is 18.3 Å². The summed E-state index contributed by atoms with van der Waals surface area (Å²) in [6.07, 6.45) is 4.59. The van der Waals surface area contributed by atoms with Crippen molar-refractivity contribution in [1.82, 2.24) is 4.98 Å². The fraction of sp³-hybridized carbons (Fsp3) is 0.150. The second kappa shape index (κ2) is 9.38. The summed E-state index contributed by atoms with van der Waals surface area (Å²) in [7, 11) is 0. The Kier molecular flexibility index (Phi) is 6.93. The van der Waals surface area contributed by atoms with Gasteiger partial charge in [-0.2, -0.15) is 0 Å². The number of carbonyl (C=O) groups excluding carboxylic acids is 1. The number of rotatable bonds is 7. The quantitative estimate of drug-likeness (QED) is 0.329. The van der Waals surface area contributed by atoms with Crippen LogP contribution in [0.3, 0.4) is 0 Å². The van der Waals surface area contributed by atoms with Crippen LogP contribution in [0.15, 0.2) is 66.5 Å². The maximum Gasteiger partial charge on any atom is 0.255 e. The number of hydrogen-bond acceptors (Lipinski definition) is 4. The molecule has 2 N–H and O–H groups in total. The van der Waals surface area contributed by atoms with Crippen LogP contribution in [0, 0.1) is 11.2 Å². The fourth-order valence-corrected chi connectivity index (χ4v) is 2.09. The van der Waals surface area contributed by atoms with Crippen molar-refractivity contribution in [3.63, 3.8) is 0 Å².